The van der Waals surface area contributed by atoms with E-state index in [-0.39, 0.29) is 16.5 Å². The fraction of sp³-hybridized carbons (Fsp3) is 0.211. The number of aromatic nitrogens is 2. The summed E-state index contributed by atoms with van der Waals surface area (Å²) >= 11 is 11.9. The van der Waals surface area contributed by atoms with Crippen LogP contribution in [0.5, 0.6) is 0 Å². The molecule has 0 aliphatic rings. The summed E-state index contributed by atoms with van der Waals surface area (Å²) in [5, 5.41) is 4.98. The molecule has 3 rings (SSSR count). The summed E-state index contributed by atoms with van der Waals surface area (Å²) in [5.41, 5.74) is 3.66. The molecule has 0 amide bonds. The topological polar surface area (TPSA) is 64.0 Å². The van der Waals surface area contributed by atoms with Gasteiger partial charge in [0.25, 0.3) is 0 Å². The Hall–Kier alpha value is -1.86. The maximum atomic E-state index is 12.6. The van der Waals surface area contributed by atoms with E-state index < -0.39 is 10.0 Å². The van der Waals surface area contributed by atoms with Crippen LogP contribution in [-0.2, 0) is 23.1 Å². The van der Waals surface area contributed by atoms with Crippen molar-refractivity contribution < 1.29 is 8.42 Å². The highest BCUT2D eigenvalue weighted by Crippen LogP contribution is 2.25. The van der Waals surface area contributed by atoms with Gasteiger partial charge in [0.05, 0.1) is 17.3 Å². The minimum absolute atomic E-state index is 0.0383. The van der Waals surface area contributed by atoms with Crippen LogP contribution in [0.2, 0.25) is 10.0 Å². The molecule has 0 saturated heterocycles. The van der Waals surface area contributed by atoms with Gasteiger partial charge in [0.15, 0.2) is 0 Å². The van der Waals surface area contributed by atoms with Gasteiger partial charge in [-0.15, -0.1) is 0 Å². The zero-order valence-corrected chi connectivity index (χ0v) is 17.2. The van der Waals surface area contributed by atoms with Gasteiger partial charge in [0, 0.05) is 22.8 Å². The Bertz CT molecular complexity index is 1060. The standard InChI is InChI=1S/C19H19Cl2N3O2S/c1-13-17(14(2)24(23-13)12-15-6-4-3-5-7-15)11-22-27(25,26)19-10-16(20)8-9-18(19)21/h3-10,22H,11-12H2,1-2H3. The molecule has 0 spiro atoms. The zero-order valence-electron chi connectivity index (χ0n) is 14.9. The third-order valence-corrected chi connectivity index (χ3v) is 6.45. The van der Waals surface area contributed by atoms with E-state index in [0.717, 1.165) is 22.5 Å². The lowest BCUT2D eigenvalue weighted by Gasteiger charge is -2.10. The van der Waals surface area contributed by atoms with Crippen molar-refractivity contribution in [2.75, 3.05) is 0 Å². The Kier molecular flexibility index (Phi) is 5.91. The number of aryl methyl sites for hydroxylation is 1. The molecule has 3 aromatic rings. The lowest BCUT2D eigenvalue weighted by Crippen LogP contribution is -2.24. The summed E-state index contributed by atoms with van der Waals surface area (Å²) in [6.45, 7) is 4.54. The first-order valence-electron chi connectivity index (χ1n) is 8.29. The van der Waals surface area contributed by atoms with Crippen molar-refractivity contribution in [3.63, 3.8) is 0 Å². The number of nitrogens with one attached hydrogen (secondary N) is 1. The van der Waals surface area contributed by atoms with Crippen LogP contribution < -0.4 is 4.72 Å². The van der Waals surface area contributed by atoms with Gasteiger partial charge < -0.3 is 0 Å². The van der Waals surface area contributed by atoms with Gasteiger partial charge in [-0.2, -0.15) is 5.10 Å². The molecule has 0 aliphatic heterocycles. The van der Waals surface area contributed by atoms with E-state index in [9.17, 15) is 8.42 Å². The minimum atomic E-state index is -3.80. The van der Waals surface area contributed by atoms with Crippen LogP contribution in [-0.4, -0.2) is 18.2 Å². The van der Waals surface area contributed by atoms with E-state index >= 15 is 0 Å². The average Bonchev–Trinajstić information content (AvgIpc) is 2.89. The van der Waals surface area contributed by atoms with Crippen molar-refractivity contribution in [1.29, 1.82) is 0 Å². The first-order chi connectivity index (χ1) is 12.8. The number of nitrogens with zero attached hydrogens (tertiary/aromatic N) is 2. The fourth-order valence-corrected chi connectivity index (χ4v) is 4.58. The molecule has 27 heavy (non-hydrogen) atoms. The number of rotatable bonds is 6. The smallest absolute Gasteiger partial charge is 0.242 e. The number of hydrogen-bond donors (Lipinski definition) is 1. The third kappa shape index (κ3) is 4.52. The molecule has 2 aromatic carbocycles. The van der Waals surface area contributed by atoms with Crippen molar-refractivity contribution in [2.45, 2.75) is 31.8 Å². The first kappa shape index (κ1) is 19.9. The van der Waals surface area contributed by atoms with Crippen LogP contribution in [0.1, 0.15) is 22.5 Å². The van der Waals surface area contributed by atoms with Crippen molar-refractivity contribution in [2.24, 2.45) is 0 Å². The average molecular weight is 424 g/mol. The van der Waals surface area contributed by atoms with Gasteiger partial charge in [-0.1, -0.05) is 53.5 Å². The molecule has 0 atom stereocenters. The van der Waals surface area contributed by atoms with Gasteiger partial charge >= 0.3 is 0 Å². The summed E-state index contributed by atoms with van der Waals surface area (Å²) in [6, 6.07) is 14.3. The van der Waals surface area contributed by atoms with E-state index in [2.05, 4.69) is 9.82 Å². The molecule has 0 bridgehead atoms. The molecule has 8 heteroatoms. The Morgan fingerprint density at radius 3 is 2.48 bits per heavy atom. The van der Waals surface area contributed by atoms with Crippen LogP contribution in [0.25, 0.3) is 0 Å². The Labute approximate surface area is 169 Å². The van der Waals surface area contributed by atoms with Gasteiger partial charge in [-0.05, 0) is 37.6 Å². The van der Waals surface area contributed by atoms with Crippen LogP contribution in [0.4, 0.5) is 0 Å². The number of sulfonamides is 1. The Morgan fingerprint density at radius 1 is 1.07 bits per heavy atom. The monoisotopic (exact) mass is 423 g/mol. The first-order valence-corrected chi connectivity index (χ1v) is 10.5. The Morgan fingerprint density at radius 2 is 1.78 bits per heavy atom. The molecular formula is C19H19Cl2N3O2S. The summed E-state index contributed by atoms with van der Waals surface area (Å²) in [4.78, 5) is -0.0383. The molecule has 1 aromatic heterocycles. The molecule has 1 heterocycles. The number of hydrogen-bond acceptors (Lipinski definition) is 3. The maximum absolute atomic E-state index is 12.6. The van der Waals surface area contributed by atoms with Gasteiger partial charge in [-0.3, -0.25) is 4.68 Å². The fourth-order valence-electron chi connectivity index (χ4n) is 2.83. The highest BCUT2D eigenvalue weighted by atomic mass is 35.5. The summed E-state index contributed by atoms with van der Waals surface area (Å²) < 4.78 is 29.7. The number of benzene rings is 2. The molecule has 142 valence electrons. The van der Waals surface area contributed by atoms with Crippen molar-refractivity contribution >= 4 is 33.2 Å². The van der Waals surface area contributed by atoms with Crippen LogP contribution >= 0.6 is 23.2 Å². The minimum Gasteiger partial charge on any atom is -0.265 e. The zero-order chi connectivity index (χ0) is 19.6. The molecule has 5 nitrogen and oxygen atoms in total. The number of halogens is 2. The molecule has 0 unspecified atom stereocenters. The van der Waals surface area contributed by atoms with Crippen molar-refractivity contribution in [3.05, 3.63) is 81.1 Å². The molecule has 1 N–H and O–H groups in total. The second-order valence-electron chi connectivity index (χ2n) is 6.19. The van der Waals surface area contributed by atoms with Crippen LogP contribution in [0, 0.1) is 13.8 Å². The molecule has 0 fully saturated rings. The van der Waals surface area contributed by atoms with E-state index in [1.54, 1.807) is 6.07 Å². The molecule has 0 aliphatic carbocycles. The second-order valence-corrected chi connectivity index (χ2v) is 8.77. The molecular weight excluding hydrogens is 405 g/mol. The highest BCUT2D eigenvalue weighted by Gasteiger charge is 2.20. The summed E-state index contributed by atoms with van der Waals surface area (Å²) in [5.74, 6) is 0. The molecule has 0 saturated carbocycles. The summed E-state index contributed by atoms with van der Waals surface area (Å²) in [6.07, 6.45) is 0. The van der Waals surface area contributed by atoms with Crippen LogP contribution in [0.15, 0.2) is 53.4 Å². The SMILES string of the molecule is Cc1nn(Cc2ccccc2)c(C)c1CNS(=O)(=O)c1cc(Cl)ccc1Cl. The van der Waals surface area contributed by atoms with Gasteiger partial charge in [0.1, 0.15) is 4.90 Å². The second kappa shape index (κ2) is 8.02. The van der Waals surface area contributed by atoms with Crippen molar-refractivity contribution in [1.82, 2.24) is 14.5 Å². The van der Waals surface area contributed by atoms with E-state index in [1.165, 1.54) is 12.1 Å². The van der Waals surface area contributed by atoms with E-state index in [1.807, 2.05) is 48.9 Å². The van der Waals surface area contributed by atoms with E-state index in [4.69, 9.17) is 23.2 Å². The Balaban J connectivity index is 1.81. The third-order valence-electron chi connectivity index (χ3n) is 4.33. The summed E-state index contributed by atoms with van der Waals surface area (Å²) in [7, 11) is -3.80. The normalized spacial score (nSPS) is 11.7. The van der Waals surface area contributed by atoms with E-state index in [0.29, 0.717) is 11.6 Å². The lowest BCUT2D eigenvalue weighted by molar-refractivity contribution is 0.581. The van der Waals surface area contributed by atoms with Gasteiger partial charge in [0.2, 0.25) is 10.0 Å². The van der Waals surface area contributed by atoms with Crippen molar-refractivity contribution in [3.8, 4) is 0 Å². The quantitative estimate of drug-likeness (QED) is 0.641. The predicted octanol–water partition coefficient (Wildman–Crippen LogP) is 4.33. The van der Waals surface area contributed by atoms with Crippen LogP contribution in [0.3, 0.4) is 0 Å². The predicted molar refractivity (Wildman–Crippen MR) is 108 cm³/mol. The largest absolute Gasteiger partial charge is 0.265 e. The van der Waals surface area contributed by atoms with Gasteiger partial charge in [-0.25, -0.2) is 13.1 Å². The highest BCUT2D eigenvalue weighted by molar-refractivity contribution is 7.89. The molecule has 0 radical (unpaired) electrons. The maximum Gasteiger partial charge on any atom is 0.242 e. The lowest BCUT2D eigenvalue weighted by atomic mass is 10.2.